The Hall–Kier alpha value is -0.548. The van der Waals surface area contributed by atoms with Crippen molar-refractivity contribution >= 4 is 36.3 Å². The number of hydrogen-bond donors (Lipinski definition) is 0. The Morgan fingerprint density at radius 3 is 2.42 bits per heavy atom. The van der Waals surface area contributed by atoms with Gasteiger partial charge < -0.3 is 0 Å². The molecule has 60 valence electrons. The van der Waals surface area contributed by atoms with Gasteiger partial charge in [-0.25, -0.2) is 0 Å². The van der Waals surface area contributed by atoms with E-state index in [0.29, 0.717) is 0 Å². The summed E-state index contributed by atoms with van der Waals surface area (Å²) in [6.45, 7) is 0. The van der Waals surface area contributed by atoms with Crippen LogP contribution in [0.1, 0.15) is 0 Å². The van der Waals surface area contributed by atoms with Gasteiger partial charge in [0, 0.05) is 11.6 Å². The molecule has 0 atom stereocenters. The molecule has 0 amide bonds. The van der Waals surface area contributed by atoms with Gasteiger partial charge in [-0.1, -0.05) is 24.3 Å². The second-order valence-electron chi connectivity index (χ2n) is 2.20. The zero-order chi connectivity index (χ0) is 8.81. The number of para-hydroxylation sites is 1. The zero-order valence-electron chi connectivity index (χ0n) is 6.87. The fourth-order valence-corrected chi connectivity index (χ4v) is 1.02. The predicted molar refractivity (Wildman–Crippen MR) is 56.1 cm³/mol. The lowest BCUT2D eigenvalue weighted by Crippen LogP contribution is -1.73. The molecule has 2 aromatic rings. The maximum absolute atomic E-state index is 4.78. The van der Waals surface area contributed by atoms with Crippen LogP contribution < -0.4 is 0 Å². The molecule has 0 saturated heterocycles. The van der Waals surface area contributed by atoms with Crippen LogP contribution in [0.4, 0.5) is 0 Å². The molecule has 12 heavy (non-hydrogen) atoms. The van der Waals surface area contributed by atoms with E-state index in [1.54, 1.807) is 0 Å². The van der Waals surface area contributed by atoms with Gasteiger partial charge in [-0.2, -0.15) is 0 Å². The quantitative estimate of drug-likeness (QED) is 0.584. The highest BCUT2D eigenvalue weighted by molar-refractivity contribution is 6.80. The van der Waals surface area contributed by atoms with Crippen LogP contribution in [0.2, 0.25) is 0 Å². The number of benzene rings is 1. The lowest BCUT2D eigenvalue weighted by Gasteiger charge is -1.91. The highest BCUT2D eigenvalue weighted by Gasteiger charge is 1.86. The molecule has 0 radical (unpaired) electrons. The topological polar surface area (TPSA) is 12.9 Å². The maximum atomic E-state index is 4.78. The third kappa shape index (κ3) is 2.22. The van der Waals surface area contributed by atoms with E-state index in [-0.39, 0.29) is 0 Å². The average molecular weight is 194 g/mol. The molecule has 0 spiro atoms. The van der Waals surface area contributed by atoms with Crippen molar-refractivity contribution in [2.24, 2.45) is 0 Å². The number of pyridine rings is 1. The lowest BCUT2D eigenvalue weighted by atomic mass is 10.2. The predicted octanol–water partition coefficient (Wildman–Crippen LogP) is 2.01. The van der Waals surface area contributed by atoms with Gasteiger partial charge in [-0.15, -0.1) is 0 Å². The van der Waals surface area contributed by atoms with Crippen molar-refractivity contribution in [3.63, 3.8) is 0 Å². The fraction of sp³-hybridized carbons (Fsp3) is 0. The van der Waals surface area contributed by atoms with E-state index in [9.17, 15) is 0 Å². The lowest BCUT2D eigenvalue weighted by molar-refractivity contribution is 1.41. The van der Waals surface area contributed by atoms with E-state index in [1.807, 2.05) is 30.5 Å². The Balaban J connectivity index is 0.000000336. The number of aromatic nitrogens is 1. The minimum Gasteiger partial charge on any atom is -0.273 e. The Morgan fingerprint density at radius 2 is 1.67 bits per heavy atom. The van der Waals surface area contributed by atoms with Gasteiger partial charge in [0.05, 0.1) is 5.52 Å². The van der Waals surface area contributed by atoms with Gasteiger partial charge in [0.25, 0.3) is 0 Å². The van der Waals surface area contributed by atoms with Crippen LogP contribution in [0.15, 0.2) is 42.6 Å². The summed E-state index contributed by atoms with van der Waals surface area (Å²) in [6.07, 6.45) is 1.81. The molecule has 1 aromatic heterocycles. The van der Waals surface area contributed by atoms with Gasteiger partial charge in [-0.3, -0.25) is 15.0 Å². The van der Waals surface area contributed by atoms with Gasteiger partial charge in [0.2, 0.25) is 0 Å². The third-order valence-electron chi connectivity index (χ3n) is 1.51. The van der Waals surface area contributed by atoms with Crippen LogP contribution >= 0.6 is 10.0 Å². The van der Waals surface area contributed by atoms with E-state index < -0.39 is 0 Å². The summed E-state index contributed by atoms with van der Waals surface area (Å²) in [5.41, 5.74) is 1.06. The van der Waals surface area contributed by atoms with Crippen LogP contribution in [0.25, 0.3) is 10.9 Å². The molecular formula is C9H9AlClN. The Labute approximate surface area is 84.0 Å². The van der Waals surface area contributed by atoms with Crippen molar-refractivity contribution in [2.45, 2.75) is 0 Å². The van der Waals surface area contributed by atoms with Gasteiger partial charge in [0.1, 0.15) is 0 Å². The summed E-state index contributed by atoms with van der Waals surface area (Å²) in [4.78, 5) is 4.18. The minimum absolute atomic E-state index is 0.778. The molecule has 0 aliphatic rings. The van der Waals surface area contributed by atoms with Crippen LogP contribution in [0.3, 0.4) is 0 Å². The molecular weight excluding hydrogens is 185 g/mol. The summed E-state index contributed by atoms with van der Waals surface area (Å²) >= 11 is 0.778. The third-order valence-corrected chi connectivity index (χ3v) is 1.51. The Bertz CT molecular complexity index is 286. The number of halogens is 1. The number of fused-ring (bicyclic) bond motifs is 1. The van der Waals surface area contributed by atoms with E-state index in [2.05, 4.69) is 17.1 Å². The van der Waals surface area contributed by atoms with Gasteiger partial charge in [0.15, 0.2) is 0 Å². The molecule has 0 bridgehead atoms. The molecule has 1 aromatic carbocycles. The van der Waals surface area contributed by atoms with Crippen molar-refractivity contribution < 1.29 is 0 Å². The van der Waals surface area contributed by atoms with Crippen molar-refractivity contribution in [1.82, 2.24) is 4.98 Å². The SMILES string of the molecule is [AlH2][Cl].c1ccc2ncccc2c1. The zero-order valence-corrected chi connectivity index (χ0v) is 9.62. The number of hydrogen-bond acceptors (Lipinski definition) is 1. The van der Waals surface area contributed by atoms with Crippen LogP contribution in [-0.2, 0) is 0 Å². The Kier molecular flexibility index (Phi) is 4.10. The van der Waals surface area contributed by atoms with Crippen LogP contribution in [0, 0.1) is 0 Å². The fourth-order valence-electron chi connectivity index (χ4n) is 1.02. The van der Waals surface area contributed by atoms with Gasteiger partial charge >= 0.3 is 15.4 Å². The molecule has 1 heterocycles. The summed E-state index contributed by atoms with van der Waals surface area (Å²) in [6, 6.07) is 12.1. The van der Waals surface area contributed by atoms with Crippen LogP contribution in [-0.4, -0.2) is 20.4 Å². The molecule has 0 fully saturated rings. The molecule has 0 N–H and O–H groups in total. The van der Waals surface area contributed by atoms with Crippen LogP contribution in [0.5, 0.6) is 0 Å². The summed E-state index contributed by atoms with van der Waals surface area (Å²) in [5, 5.41) is 1.20. The first-order valence-electron chi connectivity index (χ1n) is 3.64. The number of rotatable bonds is 0. The minimum atomic E-state index is 0.778. The second-order valence-corrected chi connectivity index (χ2v) is 2.20. The van der Waals surface area contributed by atoms with Gasteiger partial charge in [-0.05, 0) is 12.1 Å². The molecule has 0 unspecified atom stereocenters. The smallest absolute Gasteiger partial charge is 0.273 e. The summed E-state index contributed by atoms with van der Waals surface area (Å²) in [7, 11) is 4.78. The second kappa shape index (κ2) is 5.16. The molecule has 2 rings (SSSR count). The normalized spacial score (nSPS) is 8.75. The first-order chi connectivity index (χ1) is 5.97. The van der Waals surface area contributed by atoms with E-state index in [1.165, 1.54) is 5.39 Å². The van der Waals surface area contributed by atoms with E-state index in [0.717, 1.165) is 20.9 Å². The monoisotopic (exact) mass is 193 g/mol. The summed E-state index contributed by atoms with van der Waals surface area (Å²) in [5.74, 6) is 0. The Morgan fingerprint density at radius 1 is 1.00 bits per heavy atom. The highest BCUT2D eigenvalue weighted by Crippen LogP contribution is 2.07. The van der Waals surface area contributed by atoms with Crippen molar-refractivity contribution in [3.8, 4) is 0 Å². The standard InChI is InChI=1S/C9H7N.Al.ClH.2H/c1-2-6-9-8(4-1)5-3-7-10-9;;;;/h1-7H;;1H;;/q;+1;;;/p-1. The molecule has 3 heteroatoms. The largest absolute Gasteiger partial charge is 0.353 e. The molecule has 0 saturated carbocycles. The van der Waals surface area contributed by atoms with Crippen molar-refractivity contribution in [3.05, 3.63) is 42.6 Å². The first-order valence-corrected chi connectivity index (χ1v) is 6.67. The highest BCUT2D eigenvalue weighted by atomic mass is 35.6. The summed E-state index contributed by atoms with van der Waals surface area (Å²) < 4.78 is 0. The van der Waals surface area contributed by atoms with Crippen molar-refractivity contribution in [2.75, 3.05) is 0 Å². The van der Waals surface area contributed by atoms with E-state index >= 15 is 0 Å². The number of nitrogens with zero attached hydrogens (tertiary/aromatic N) is 1. The maximum Gasteiger partial charge on any atom is 0.353 e. The molecule has 0 aliphatic carbocycles. The average Bonchev–Trinajstić information content (AvgIpc) is 2.21. The van der Waals surface area contributed by atoms with E-state index in [4.69, 9.17) is 10.0 Å². The molecule has 0 aliphatic heterocycles. The van der Waals surface area contributed by atoms with Crippen molar-refractivity contribution in [1.29, 1.82) is 0 Å². The first kappa shape index (κ1) is 9.54. The molecule has 1 nitrogen and oxygen atoms in total.